The van der Waals surface area contributed by atoms with Crippen LogP contribution in [0, 0.1) is 0 Å². The van der Waals surface area contributed by atoms with E-state index in [0.717, 1.165) is 0 Å². The van der Waals surface area contributed by atoms with Gasteiger partial charge in [-0.05, 0) is 26.7 Å². The fourth-order valence-corrected chi connectivity index (χ4v) is 0.433. The van der Waals surface area contributed by atoms with E-state index in [2.05, 4.69) is 19.6 Å². The van der Waals surface area contributed by atoms with E-state index in [1.807, 2.05) is 20.8 Å². The van der Waals surface area contributed by atoms with E-state index in [9.17, 15) is 0 Å². The van der Waals surface area contributed by atoms with Crippen molar-refractivity contribution in [1.82, 2.24) is 0 Å². The molecule has 0 aromatic heterocycles. The molecule has 0 spiro atoms. The van der Waals surface area contributed by atoms with Gasteiger partial charge in [-0.1, -0.05) is 31.6 Å². The van der Waals surface area contributed by atoms with E-state index in [1.165, 1.54) is 12.8 Å². The molecule has 0 heterocycles. The molecule has 1 rings (SSSR count). The van der Waals surface area contributed by atoms with Gasteiger partial charge >= 0.3 is 0 Å². The quantitative estimate of drug-likeness (QED) is 0.447. The van der Waals surface area contributed by atoms with Crippen LogP contribution < -0.4 is 0 Å². The SMILES string of the molecule is C=CC.CC.CC1=CCC1. The average Bonchev–Trinajstić information content (AvgIpc) is 1.90. The van der Waals surface area contributed by atoms with Crippen LogP contribution in [0.5, 0.6) is 0 Å². The molecule has 0 amide bonds. The highest BCUT2D eigenvalue weighted by atomic mass is 14.0. The molecule has 0 fully saturated rings. The van der Waals surface area contributed by atoms with Gasteiger partial charge in [0, 0.05) is 0 Å². The summed E-state index contributed by atoms with van der Waals surface area (Å²) in [4.78, 5) is 0. The molecule has 0 aromatic carbocycles. The summed E-state index contributed by atoms with van der Waals surface area (Å²) in [6, 6.07) is 0. The lowest BCUT2D eigenvalue weighted by atomic mass is 10.0. The first kappa shape index (κ1) is 12.2. The molecule has 60 valence electrons. The van der Waals surface area contributed by atoms with Gasteiger partial charge in [0.25, 0.3) is 0 Å². The summed E-state index contributed by atoms with van der Waals surface area (Å²) < 4.78 is 0. The Balaban J connectivity index is 0. The molecule has 0 nitrogen and oxygen atoms in total. The van der Waals surface area contributed by atoms with Crippen LogP contribution in [0.15, 0.2) is 24.3 Å². The molecule has 10 heavy (non-hydrogen) atoms. The summed E-state index contributed by atoms with van der Waals surface area (Å²) in [5.41, 5.74) is 1.56. The third-order valence-corrected chi connectivity index (χ3v) is 1.03. The molecule has 0 aromatic rings. The van der Waals surface area contributed by atoms with Gasteiger partial charge in [0.1, 0.15) is 0 Å². The molecule has 0 saturated carbocycles. The smallest absolute Gasteiger partial charge is 0.0288 e. The van der Waals surface area contributed by atoms with E-state index in [0.29, 0.717) is 0 Å². The van der Waals surface area contributed by atoms with Gasteiger partial charge in [-0.3, -0.25) is 0 Å². The molecule has 0 atom stereocenters. The second-order valence-electron chi connectivity index (χ2n) is 2.00. The molecule has 0 aliphatic heterocycles. The molecule has 1 aliphatic rings. The van der Waals surface area contributed by atoms with Gasteiger partial charge in [-0.2, -0.15) is 0 Å². The van der Waals surface area contributed by atoms with Gasteiger partial charge in [0.2, 0.25) is 0 Å². The molecule has 0 saturated heterocycles. The maximum absolute atomic E-state index is 3.36. The first-order chi connectivity index (χ1) is 4.81. The van der Waals surface area contributed by atoms with Crippen LogP contribution >= 0.6 is 0 Å². The highest BCUT2D eigenvalue weighted by Crippen LogP contribution is 2.14. The number of rotatable bonds is 0. The standard InChI is InChI=1S/C5H8.C3H6.C2H6/c1-5-3-2-4-5;1-3-2;1-2/h3H,2,4H2,1H3;3H,1H2,2H3;1-2H3. The van der Waals surface area contributed by atoms with Gasteiger partial charge in [-0.25, -0.2) is 0 Å². The van der Waals surface area contributed by atoms with Crippen molar-refractivity contribution in [2.75, 3.05) is 0 Å². The number of allylic oxidation sites excluding steroid dienone is 3. The Morgan fingerprint density at radius 1 is 1.50 bits per heavy atom. The van der Waals surface area contributed by atoms with Gasteiger partial charge < -0.3 is 0 Å². The Hall–Kier alpha value is -0.520. The van der Waals surface area contributed by atoms with Crippen molar-refractivity contribution in [3.8, 4) is 0 Å². The molecular weight excluding hydrogens is 120 g/mol. The van der Waals surface area contributed by atoms with Crippen molar-refractivity contribution in [3.05, 3.63) is 24.3 Å². The lowest BCUT2D eigenvalue weighted by molar-refractivity contribution is 0.875. The zero-order valence-corrected chi connectivity index (χ0v) is 7.78. The van der Waals surface area contributed by atoms with Crippen LogP contribution in [-0.4, -0.2) is 0 Å². The molecular formula is C10H20. The highest BCUT2D eigenvalue weighted by Gasteiger charge is 1.94. The van der Waals surface area contributed by atoms with Crippen molar-refractivity contribution in [1.29, 1.82) is 0 Å². The van der Waals surface area contributed by atoms with Crippen molar-refractivity contribution in [2.24, 2.45) is 0 Å². The second-order valence-corrected chi connectivity index (χ2v) is 2.00. The summed E-state index contributed by atoms with van der Waals surface area (Å²) in [5, 5.41) is 0. The molecule has 0 radical (unpaired) electrons. The predicted octanol–water partition coefficient (Wildman–Crippen LogP) is 3.95. The van der Waals surface area contributed by atoms with Crippen LogP contribution in [0.25, 0.3) is 0 Å². The topological polar surface area (TPSA) is 0 Å². The van der Waals surface area contributed by atoms with Crippen molar-refractivity contribution in [2.45, 2.75) is 40.5 Å². The Bertz CT molecular complexity index is 88.2. The lowest BCUT2D eigenvalue weighted by Crippen LogP contribution is -1.84. The summed E-state index contributed by atoms with van der Waals surface area (Å²) in [7, 11) is 0. The summed E-state index contributed by atoms with van der Waals surface area (Å²) >= 11 is 0. The molecule has 0 unspecified atom stereocenters. The first-order valence-corrected chi connectivity index (χ1v) is 4.04. The Morgan fingerprint density at radius 3 is 1.70 bits per heavy atom. The van der Waals surface area contributed by atoms with Crippen molar-refractivity contribution < 1.29 is 0 Å². The summed E-state index contributed by atoms with van der Waals surface area (Å²) in [5.74, 6) is 0. The third-order valence-electron chi connectivity index (χ3n) is 1.03. The maximum Gasteiger partial charge on any atom is -0.0288 e. The van der Waals surface area contributed by atoms with Crippen LogP contribution in [0.2, 0.25) is 0 Å². The highest BCUT2D eigenvalue weighted by molar-refractivity contribution is 5.07. The maximum atomic E-state index is 3.36. The van der Waals surface area contributed by atoms with Crippen molar-refractivity contribution >= 4 is 0 Å². The Morgan fingerprint density at radius 2 is 1.70 bits per heavy atom. The van der Waals surface area contributed by atoms with Crippen LogP contribution in [0.4, 0.5) is 0 Å². The Kier molecular flexibility index (Phi) is 13.8. The minimum Gasteiger partial charge on any atom is -0.103 e. The Labute approximate surface area is 65.7 Å². The molecule has 0 N–H and O–H groups in total. The minimum absolute atomic E-state index is 1.33. The van der Waals surface area contributed by atoms with E-state index in [4.69, 9.17) is 0 Å². The lowest BCUT2D eigenvalue weighted by Gasteiger charge is -2.05. The normalized spacial score (nSPS) is 12.2. The summed E-state index contributed by atoms with van der Waals surface area (Å²) in [6.45, 7) is 11.4. The fourth-order valence-electron chi connectivity index (χ4n) is 0.433. The van der Waals surface area contributed by atoms with Gasteiger partial charge in [-0.15, -0.1) is 6.58 Å². The van der Waals surface area contributed by atoms with Gasteiger partial charge in [0.15, 0.2) is 0 Å². The summed E-state index contributed by atoms with van der Waals surface area (Å²) in [6.07, 6.45) is 6.69. The third kappa shape index (κ3) is 10.5. The number of hydrogen-bond acceptors (Lipinski definition) is 0. The van der Waals surface area contributed by atoms with Gasteiger partial charge in [0.05, 0.1) is 0 Å². The molecule has 0 heteroatoms. The van der Waals surface area contributed by atoms with E-state index in [1.54, 1.807) is 11.6 Å². The fraction of sp³-hybridized carbons (Fsp3) is 0.600. The van der Waals surface area contributed by atoms with Crippen LogP contribution in [0.3, 0.4) is 0 Å². The van der Waals surface area contributed by atoms with Crippen molar-refractivity contribution in [3.63, 3.8) is 0 Å². The van der Waals surface area contributed by atoms with Crippen LogP contribution in [-0.2, 0) is 0 Å². The first-order valence-electron chi connectivity index (χ1n) is 4.04. The average molecular weight is 140 g/mol. The van der Waals surface area contributed by atoms with Crippen LogP contribution in [0.1, 0.15) is 40.5 Å². The predicted molar refractivity (Wildman–Crippen MR) is 50.2 cm³/mol. The molecule has 1 aliphatic carbocycles. The zero-order valence-electron chi connectivity index (χ0n) is 7.78. The largest absolute Gasteiger partial charge is 0.103 e. The van der Waals surface area contributed by atoms with E-state index >= 15 is 0 Å². The number of hydrogen-bond donors (Lipinski definition) is 0. The van der Waals surface area contributed by atoms with E-state index < -0.39 is 0 Å². The minimum atomic E-state index is 1.33. The van der Waals surface area contributed by atoms with E-state index in [-0.39, 0.29) is 0 Å². The zero-order chi connectivity index (χ0) is 8.41. The monoisotopic (exact) mass is 140 g/mol. The second kappa shape index (κ2) is 11.3. The molecule has 0 bridgehead atoms.